The fraction of sp³-hybridized carbons (Fsp3) is 0.182. The molecule has 4 aromatic rings. The van der Waals surface area contributed by atoms with Crippen LogP contribution in [-0.2, 0) is 6.42 Å². The van der Waals surface area contributed by atoms with Gasteiger partial charge < -0.3 is 5.32 Å². The first-order valence-corrected chi connectivity index (χ1v) is 9.75. The van der Waals surface area contributed by atoms with Crippen LogP contribution >= 0.6 is 11.6 Å². The van der Waals surface area contributed by atoms with Crippen LogP contribution in [0.3, 0.4) is 0 Å². The molecule has 0 radical (unpaired) electrons. The standard InChI is InChI=1S/C22H20ClN5O/c1-4-17-19(15-9-7-10-16(23)12-15)21-26-25-20(14(3)28(21)27-17)22(29)24-18-11-6-5-8-13(18)2/h5-12H,4H2,1-3H3,(H,24,29). The quantitative estimate of drug-likeness (QED) is 0.525. The van der Waals surface area contributed by atoms with E-state index in [-0.39, 0.29) is 11.6 Å². The summed E-state index contributed by atoms with van der Waals surface area (Å²) in [6.07, 6.45) is 0.718. The number of halogens is 1. The third kappa shape index (κ3) is 3.47. The Morgan fingerprint density at radius 3 is 2.62 bits per heavy atom. The molecule has 29 heavy (non-hydrogen) atoms. The van der Waals surface area contributed by atoms with E-state index in [2.05, 4.69) is 15.5 Å². The number of carbonyl (C=O) groups excluding carboxylic acids is 1. The maximum Gasteiger partial charge on any atom is 0.278 e. The van der Waals surface area contributed by atoms with Gasteiger partial charge in [0.15, 0.2) is 11.3 Å². The molecule has 0 unspecified atom stereocenters. The Morgan fingerprint density at radius 1 is 1.10 bits per heavy atom. The van der Waals surface area contributed by atoms with Crippen LogP contribution in [0.2, 0.25) is 5.02 Å². The van der Waals surface area contributed by atoms with Crippen LogP contribution in [0.1, 0.15) is 34.4 Å². The molecule has 0 saturated carbocycles. The number of nitrogens with zero attached hydrogens (tertiary/aromatic N) is 4. The average Bonchev–Trinajstić information content (AvgIpc) is 3.09. The highest BCUT2D eigenvalue weighted by Crippen LogP contribution is 2.30. The Labute approximate surface area is 173 Å². The van der Waals surface area contributed by atoms with Gasteiger partial charge in [-0.05, 0) is 49.6 Å². The van der Waals surface area contributed by atoms with Gasteiger partial charge in [0.25, 0.3) is 5.91 Å². The second-order valence-electron chi connectivity index (χ2n) is 6.82. The number of rotatable bonds is 4. The lowest BCUT2D eigenvalue weighted by Gasteiger charge is -2.09. The lowest BCUT2D eigenvalue weighted by Crippen LogP contribution is -2.19. The Balaban J connectivity index is 1.81. The molecular weight excluding hydrogens is 386 g/mol. The van der Waals surface area contributed by atoms with E-state index >= 15 is 0 Å². The third-order valence-corrected chi connectivity index (χ3v) is 5.13. The van der Waals surface area contributed by atoms with Crippen molar-refractivity contribution < 1.29 is 4.79 Å². The third-order valence-electron chi connectivity index (χ3n) is 4.90. The molecule has 2 aromatic carbocycles. The molecule has 0 aliphatic rings. The number of fused-ring (bicyclic) bond motifs is 1. The summed E-state index contributed by atoms with van der Waals surface area (Å²) >= 11 is 6.18. The van der Waals surface area contributed by atoms with Gasteiger partial charge >= 0.3 is 0 Å². The molecule has 0 aliphatic carbocycles. The fourth-order valence-electron chi connectivity index (χ4n) is 3.34. The number of amides is 1. The molecule has 1 amide bonds. The number of para-hydroxylation sites is 1. The number of nitrogens with one attached hydrogen (secondary N) is 1. The van der Waals surface area contributed by atoms with Crippen LogP contribution in [0.5, 0.6) is 0 Å². The van der Waals surface area contributed by atoms with Gasteiger partial charge in [0.1, 0.15) is 0 Å². The Morgan fingerprint density at radius 2 is 1.90 bits per heavy atom. The number of hydrogen-bond donors (Lipinski definition) is 1. The van der Waals surface area contributed by atoms with Crippen molar-refractivity contribution in [2.75, 3.05) is 5.32 Å². The van der Waals surface area contributed by atoms with Crippen LogP contribution in [0.4, 0.5) is 5.69 Å². The summed E-state index contributed by atoms with van der Waals surface area (Å²) in [4.78, 5) is 12.8. The van der Waals surface area contributed by atoms with E-state index in [4.69, 9.17) is 16.7 Å². The summed E-state index contributed by atoms with van der Waals surface area (Å²) in [5.74, 6) is -0.316. The first-order valence-electron chi connectivity index (χ1n) is 9.37. The normalized spacial score (nSPS) is 11.0. The van der Waals surface area contributed by atoms with Crippen LogP contribution in [0, 0.1) is 13.8 Å². The lowest BCUT2D eigenvalue weighted by molar-refractivity contribution is 0.102. The summed E-state index contributed by atoms with van der Waals surface area (Å²) in [5.41, 5.74) is 5.88. The van der Waals surface area contributed by atoms with Crippen molar-refractivity contribution in [1.82, 2.24) is 19.8 Å². The summed E-state index contributed by atoms with van der Waals surface area (Å²) in [6.45, 7) is 5.79. The Hall–Kier alpha value is -3.25. The van der Waals surface area contributed by atoms with Crippen molar-refractivity contribution in [1.29, 1.82) is 0 Å². The molecule has 146 valence electrons. The molecule has 0 spiro atoms. The number of aromatic nitrogens is 4. The molecule has 0 saturated heterocycles. The molecule has 7 heteroatoms. The van der Waals surface area contributed by atoms with Crippen LogP contribution in [-0.4, -0.2) is 25.7 Å². The molecule has 0 atom stereocenters. The minimum atomic E-state index is -0.316. The Kier molecular flexibility index (Phi) is 5.03. The van der Waals surface area contributed by atoms with Crippen LogP contribution < -0.4 is 5.32 Å². The first-order chi connectivity index (χ1) is 14.0. The van der Waals surface area contributed by atoms with Gasteiger partial charge in [-0.25, -0.2) is 4.52 Å². The molecular formula is C22H20ClN5O. The van der Waals surface area contributed by atoms with E-state index in [1.165, 1.54) is 0 Å². The zero-order valence-electron chi connectivity index (χ0n) is 16.4. The SMILES string of the molecule is CCc1nn2c(C)c(C(=O)Nc3ccccc3C)nnc2c1-c1cccc(Cl)c1. The summed E-state index contributed by atoms with van der Waals surface area (Å²) < 4.78 is 1.69. The van der Waals surface area contributed by atoms with E-state index < -0.39 is 0 Å². The van der Waals surface area contributed by atoms with E-state index in [9.17, 15) is 4.79 Å². The fourth-order valence-corrected chi connectivity index (χ4v) is 3.53. The second-order valence-corrected chi connectivity index (χ2v) is 7.26. The zero-order chi connectivity index (χ0) is 20.5. The monoisotopic (exact) mass is 405 g/mol. The van der Waals surface area contributed by atoms with Crippen molar-refractivity contribution >= 4 is 28.8 Å². The number of hydrogen-bond acceptors (Lipinski definition) is 4. The van der Waals surface area contributed by atoms with Crippen LogP contribution in [0.15, 0.2) is 48.5 Å². The van der Waals surface area contributed by atoms with Gasteiger partial charge in [0, 0.05) is 10.7 Å². The largest absolute Gasteiger partial charge is 0.320 e. The van der Waals surface area contributed by atoms with Crippen LogP contribution in [0.25, 0.3) is 16.8 Å². The van der Waals surface area contributed by atoms with Crippen molar-refractivity contribution in [3.05, 3.63) is 76.2 Å². The zero-order valence-corrected chi connectivity index (χ0v) is 17.2. The molecule has 2 aromatic heterocycles. The highest BCUT2D eigenvalue weighted by atomic mass is 35.5. The highest BCUT2D eigenvalue weighted by Gasteiger charge is 2.21. The topological polar surface area (TPSA) is 72.2 Å². The number of benzene rings is 2. The maximum atomic E-state index is 12.8. The van der Waals surface area contributed by atoms with Gasteiger partial charge in [0.2, 0.25) is 0 Å². The Bertz CT molecular complexity index is 1230. The highest BCUT2D eigenvalue weighted by molar-refractivity contribution is 6.30. The summed E-state index contributed by atoms with van der Waals surface area (Å²) in [6, 6.07) is 15.2. The van der Waals surface area contributed by atoms with Crippen molar-refractivity contribution in [2.24, 2.45) is 0 Å². The maximum absolute atomic E-state index is 12.8. The van der Waals surface area contributed by atoms with E-state index in [0.717, 1.165) is 34.5 Å². The lowest BCUT2D eigenvalue weighted by atomic mass is 10.0. The molecule has 0 bridgehead atoms. The first kappa shape index (κ1) is 19.1. The minimum Gasteiger partial charge on any atom is -0.320 e. The number of anilines is 1. The van der Waals surface area contributed by atoms with Crippen molar-refractivity contribution in [2.45, 2.75) is 27.2 Å². The molecule has 0 fully saturated rings. The summed E-state index contributed by atoms with van der Waals surface area (Å²) in [7, 11) is 0. The van der Waals surface area contributed by atoms with E-state index in [0.29, 0.717) is 16.4 Å². The second kappa shape index (κ2) is 7.64. The molecule has 1 N–H and O–H groups in total. The number of carbonyl (C=O) groups is 1. The van der Waals surface area contributed by atoms with Gasteiger partial charge in [-0.2, -0.15) is 5.10 Å². The average molecular weight is 406 g/mol. The van der Waals surface area contributed by atoms with Gasteiger partial charge in [-0.15, -0.1) is 10.2 Å². The molecule has 0 aliphatic heterocycles. The van der Waals surface area contributed by atoms with Crippen molar-refractivity contribution in [3.8, 4) is 11.1 Å². The van der Waals surface area contributed by atoms with Crippen molar-refractivity contribution in [3.63, 3.8) is 0 Å². The van der Waals surface area contributed by atoms with Gasteiger partial charge in [-0.1, -0.05) is 48.9 Å². The summed E-state index contributed by atoms with van der Waals surface area (Å²) in [5, 5.41) is 16.8. The smallest absolute Gasteiger partial charge is 0.278 e. The number of aryl methyl sites for hydroxylation is 3. The van der Waals surface area contributed by atoms with E-state index in [1.807, 2.05) is 69.3 Å². The molecule has 2 heterocycles. The van der Waals surface area contributed by atoms with E-state index in [1.54, 1.807) is 4.52 Å². The minimum absolute atomic E-state index is 0.239. The van der Waals surface area contributed by atoms with Gasteiger partial charge in [-0.3, -0.25) is 4.79 Å². The molecule has 6 nitrogen and oxygen atoms in total. The predicted octanol–water partition coefficient (Wildman–Crippen LogP) is 4.88. The van der Waals surface area contributed by atoms with Gasteiger partial charge in [0.05, 0.1) is 17.0 Å². The predicted molar refractivity (Wildman–Crippen MR) is 114 cm³/mol. The molecule has 4 rings (SSSR count).